The topological polar surface area (TPSA) is 21.3 Å². The number of thiophene rings is 1. The summed E-state index contributed by atoms with van der Waals surface area (Å²) in [6.45, 7) is 1.42. The second kappa shape index (κ2) is 6.48. The summed E-state index contributed by atoms with van der Waals surface area (Å²) < 4.78 is 6.87. The molecule has 1 N–H and O–H groups in total. The average molecular weight is 373 g/mol. The first-order valence-corrected chi connectivity index (χ1v) is 8.64. The normalized spacial score (nSPS) is 14.5. The molecule has 2 aromatic rings. The molecule has 1 saturated carbocycles. The minimum atomic E-state index is 0.539. The van der Waals surface area contributed by atoms with E-state index in [1.165, 1.54) is 23.3 Å². The van der Waals surface area contributed by atoms with E-state index in [1.54, 1.807) is 11.3 Å². The first-order valence-electron chi connectivity index (χ1n) is 6.59. The van der Waals surface area contributed by atoms with Gasteiger partial charge in [0, 0.05) is 17.1 Å². The van der Waals surface area contributed by atoms with Gasteiger partial charge in [-0.3, -0.25) is 0 Å². The third-order valence-corrected chi connectivity index (χ3v) is 5.41. The summed E-state index contributed by atoms with van der Waals surface area (Å²) in [6, 6.07) is 8.74. The van der Waals surface area contributed by atoms with Gasteiger partial charge in [0.2, 0.25) is 0 Å². The van der Waals surface area contributed by atoms with Crippen LogP contribution in [-0.2, 0) is 13.2 Å². The van der Waals surface area contributed by atoms with E-state index >= 15 is 0 Å². The number of hydrogen-bond donors (Lipinski definition) is 1. The number of benzene rings is 1. The van der Waals surface area contributed by atoms with Crippen molar-refractivity contribution in [3.05, 3.63) is 49.6 Å². The lowest BCUT2D eigenvalue weighted by Gasteiger charge is -2.09. The molecule has 1 aliphatic carbocycles. The Kier molecular flexibility index (Phi) is 4.66. The van der Waals surface area contributed by atoms with Crippen molar-refractivity contribution >= 4 is 38.9 Å². The monoisotopic (exact) mass is 371 g/mol. The van der Waals surface area contributed by atoms with E-state index in [-0.39, 0.29) is 0 Å². The Labute approximate surface area is 136 Å². The molecule has 1 aliphatic rings. The highest BCUT2D eigenvalue weighted by Gasteiger charge is 2.20. The molecule has 3 rings (SSSR count). The van der Waals surface area contributed by atoms with Gasteiger partial charge in [-0.1, -0.05) is 17.7 Å². The first-order chi connectivity index (χ1) is 9.72. The van der Waals surface area contributed by atoms with Gasteiger partial charge < -0.3 is 10.1 Å². The lowest BCUT2D eigenvalue weighted by atomic mass is 10.2. The SMILES string of the molecule is Clc1cc(CNC2CC2)ccc1OCc1sccc1Br. The van der Waals surface area contributed by atoms with E-state index in [9.17, 15) is 0 Å². The van der Waals surface area contributed by atoms with Crippen molar-refractivity contribution in [1.29, 1.82) is 0 Å². The van der Waals surface area contributed by atoms with Crippen molar-refractivity contribution < 1.29 is 4.74 Å². The summed E-state index contributed by atoms with van der Waals surface area (Å²) in [5.74, 6) is 0.738. The van der Waals surface area contributed by atoms with E-state index in [2.05, 4.69) is 27.3 Å². The standard InChI is InChI=1S/C15H15BrClNOS/c16-12-5-6-20-15(12)9-19-14-4-1-10(7-13(14)17)8-18-11-2-3-11/h1,4-7,11,18H,2-3,8-9H2. The number of hydrogen-bond acceptors (Lipinski definition) is 3. The van der Waals surface area contributed by atoms with Gasteiger partial charge in [-0.2, -0.15) is 0 Å². The minimum absolute atomic E-state index is 0.539. The second-order valence-corrected chi connectivity index (χ2v) is 7.16. The highest BCUT2D eigenvalue weighted by molar-refractivity contribution is 9.10. The fourth-order valence-electron chi connectivity index (χ4n) is 1.89. The van der Waals surface area contributed by atoms with E-state index in [1.807, 2.05) is 23.6 Å². The maximum Gasteiger partial charge on any atom is 0.138 e. The molecule has 2 nitrogen and oxygen atoms in total. The molecule has 0 unspecified atom stereocenters. The molecule has 0 aliphatic heterocycles. The molecule has 0 amide bonds. The Morgan fingerprint density at radius 1 is 1.35 bits per heavy atom. The number of halogens is 2. The third kappa shape index (κ3) is 3.76. The molecule has 1 heterocycles. The van der Waals surface area contributed by atoms with Crippen LogP contribution in [0.2, 0.25) is 5.02 Å². The molecule has 1 aromatic heterocycles. The molecule has 106 valence electrons. The van der Waals surface area contributed by atoms with Crippen LogP contribution in [0.5, 0.6) is 5.75 Å². The number of nitrogens with one attached hydrogen (secondary N) is 1. The Bertz CT molecular complexity index is 597. The van der Waals surface area contributed by atoms with Gasteiger partial charge in [0.05, 0.1) is 9.90 Å². The Morgan fingerprint density at radius 2 is 2.20 bits per heavy atom. The van der Waals surface area contributed by atoms with Crippen LogP contribution >= 0.6 is 38.9 Å². The van der Waals surface area contributed by atoms with E-state index < -0.39 is 0 Å². The second-order valence-electron chi connectivity index (χ2n) is 4.90. The molecule has 0 atom stereocenters. The zero-order valence-electron chi connectivity index (χ0n) is 10.9. The predicted molar refractivity (Wildman–Crippen MR) is 87.7 cm³/mol. The van der Waals surface area contributed by atoms with Crippen molar-refractivity contribution in [2.45, 2.75) is 32.0 Å². The maximum absolute atomic E-state index is 6.28. The van der Waals surface area contributed by atoms with Gasteiger partial charge in [0.15, 0.2) is 0 Å². The highest BCUT2D eigenvalue weighted by atomic mass is 79.9. The lowest BCUT2D eigenvalue weighted by Crippen LogP contribution is -2.15. The van der Waals surface area contributed by atoms with Crippen LogP contribution in [0.25, 0.3) is 0 Å². The van der Waals surface area contributed by atoms with Crippen LogP contribution in [0.15, 0.2) is 34.1 Å². The highest BCUT2D eigenvalue weighted by Crippen LogP contribution is 2.29. The third-order valence-electron chi connectivity index (χ3n) is 3.22. The average Bonchev–Trinajstić information content (AvgIpc) is 3.18. The summed E-state index contributed by atoms with van der Waals surface area (Å²) in [4.78, 5) is 1.17. The summed E-state index contributed by atoms with van der Waals surface area (Å²) in [5, 5.41) is 6.19. The van der Waals surface area contributed by atoms with Gasteiger partial charge >= 0.3 is 0 Å². The van der Waals surface area contributed by atoms with Crippen LogP contribution in [0, 0.1) is 0 Å². The van der Waals surface area contributed by atoms with Gasteiger partial charge in [0.25, 0.3) is 0 Å². The fourth-order valence-corrected chi connectivity index (χ4v) is 3.53. The smallest absolute Gasteiger partial charge is 0.138 e. The summed E-state index contributed by atoms with van der Waals surface area (Å²) in [7, 11) is 0. The van der Waals surface area contributed by atoms with Crippen molar-refractivity contribution in [2.75, 3.05) is 0 Å². The Balaban J connectivity index is 1.60. The molecule has 0 bridgehead atoms. The maximum atomic E-state index is 6.28. The Hall–Kier alpha value is -0.550. The molecule has 1 aromatic carbocycles. The van der Waals surface area contributed by atoms with Gasteiger partial charge in [-0.15, -0.1) is 11.3 Å². The lowest BCUT2D eigenvalue weighted by molar-refractivity contribution is 0.309. The van der Waals surface area contributed by atoms with Crippen molar-refractivity contribution in [2.24, 2.45) is 0 Å². The molecule has 0 radical (unpaired) electrons. The number of ether oxygens (including phenoxy) is 1. The van der Waals surface area contributed by atoms with Crippen molar-refractivity contribution in [3.63, 3.8) is 0 Å². The number of rotatable bonds is 6. The van der Waals surface area contributed by atoms with Gasteiger partial charge in [-0.25, -0.2) is 0 Å². The van der Waals surface area contributed by atoms with Crippen LogP contribution < -0.4 is 10.1 Å². The summed E-state index contributed by atoms with van der Waals surface area (Å²) in [6.07, 6.45) is 2.59. The molecule has 5 heteroatoms. The van der Waals surface area contributed by atoms with Crippen molar-refractivity contribution in [1.82, 2.24) is 5.32 Å². The van der Waals surface area contributed by atoms with Crippen LogP contribution in [-0.4, -0.2) is 6.04 Å². The molecular weight excluding hydrogens is 358 g/mol. The van der Waals surface area contributed by atoms with E-state index in [0.29, 0.717) is 17.7 Å². The molecular formula is C15H15BrClNOS. The van der Waals surface area contributed by atoms with Crippen molar-refractivity contribution in [3.8, 4) is 5.75 Å². The zero-order chi connectivity index (χ0) is 13.9. The Morgan fingerprint density at radius 3 is 2.85 bits per heavy atom. The predicted octanol–water partition coefficient (Wildman–Crippen LogP) is 5.00. The fraction of sp³-hybridized carbons (Fsp3) is 0.333. The molecule has 0 spiro atoms. The quantitative estimate of drug-likeness (QED) is 0.771. The largest absolute Gasteiger partial charge is 0.486 e. The van der Waals surface area contributed by atoms with Gasteiger partial charge in [0.1, 0.15) is 12.4 Å². The summed E-state index contributed by atoms with van der Waals surface area (Å²) >= 11 is 11.4. The zero-order valence-corrected chi connectivity index (χ0v) is 14.0. The van der Waals surface area contributed by atoms with Crippen LogP contribution in [0.3, 0.4) is 0 Å². The van der Waals surface area contributed by atoms with E-state index in [0.717, 1.165) is 16.8 Å². The van der Waals surface area contributed by atoms with Crippen LogP contribution in [0.1, 0.15) is 23.3 Å². The van der Waals surface area contributed by atoms with Crippen LogP contribution in [0.4, 0.5) is 0 Å². The van der Waals surface area contributed by atoms with E-state index in [4.69, 9.17) is 16.3 Å². The summed E-state index contributed by atoms with van der Waals surface area (Å²) in [5.41, 5.74) is 1.20. The molecule has 1 fully saturated rings. The molecule has 20 heavy (non-hydrogen) atoms. The molecule has 0 saturated heterocycles. The first kappa shape index (κ1) is 14.4. The van der Waals surface area contributed by atoms with Gasteiger partial charge in [-0.05, 0) is 57.9 Å². The minimum Gasteiger partial charge on any atom is -0.486 e.